The van der Waals surface area contributed by atoms with Crippen LogP contribution in [0.25, 0.3) is 0 Å². The number of aromatic nitrogens is 2. The molecule has 0 aliphatic carbocycles. The lowest BCUT2D eigenvalue weighted by atomic mass is 10.2. The van der Waals surface area contributed by atoms with Crippen LogP contribution in [-0.4, -0.2) is 9.55 Å². The van der Waals surface area contributed by atoms with E-state index in [1.54, 1.807) is 7.05 Å². The monoisotopic (exact) mass is 257 g/mol. The van der Waals surface area contributed by atoms with Crippen molar-refractivity contribution >= 4 is 5.82 Å². The van der Waals surface area contributed by atoms with Crippen LogP contribution in [0.15, 0.2) is 30.5 Å². The second-order valence-electron chi connectivity index (χ2n) is 3.69. The molecule has 96 valence electrons. The number of halogens is 3. The van der Waals surface area contributed by atoms with Gasteiger partial charge in [0.25, 0.3) is 0 Å². The third kappa shape index (κ3) is 2.55. The molecule has 1 aromatic heterocycles. The first-order valence-electron chi connectivity index (χ1n) is 5.00. The fourth-order valence-electron chi connectivity index (χ4n) is 1.41. The maximum Gasteiger partial charge on any atom is 0.416 e. The van der Waals surface area contributed by atoms with Gasteiger partial charge < -0.3 is 15.0 Å². The Bertz CT molecular complexity index is 563. The Morgan fingerprint density at radius 2 is 2.06 bits per heavy atom. The fraction of sp³-hybridized carbons (Fsp3) is 0.182. The minimum Gasteiger partial charge on any atom is -0.425 e. The van der Waals surface area contributed by atoms with Gasteiger partial charge in [-0.1, -0.05) is 6.07 Å². The van der Waals surface area contributed by atoms with Crippen molar-refractivity contribution < 1.29 is 17.9 Å². The highest BCUT2D eigenvalue weighted by atomic mass is 19.4. The molecule has 7 heteroatoms. The lowest BCUT2D eigenvalue weighted by Crippen LogP contribution is -2.04. The zero-order valence-corrected chi connectivity index (χ0v) is 9.40. The second-order valence-corrected chi connectivity index (χ2v) is 3.69. The molecule has 0 aliphatic rings. The number of imidazole rings is 1. The van der Waals surface area contributed by atoms with Crippen LogP contribution in [0.2, 0.25) is 0 Å². The summed E-state index contributed by atoms with van der Waals surface area (Å²) in [5.74, 6) is 0.290. The normalized spacial score (nSPS) is 11.6. The van der Waals surface area contributed by atoms with E-state index in [0.717, 1.165) is 12.1 Å². The predicted molar refractivity (Wildman–Crippen MR) is 59.1 cm³/mol. The standard InChI is InChI=1S/C11H10F3N3O/c1-17-6-9(15)16-10(17)18-8-4-2-3-7(5-8)11(12,13)14/h2-6H,15H2,1H3. The molecule has 0 bridgehead atoms. The van der Waals surface area contributed by atoms with Gasteiger partial charge in [0.1, 0.15) is 11.6 Å². The molecule has 18 heavy (non-hydrogen) atoms. The number of nitrogens with two attached hydrogens (primary N) is 1. The molecule has 1 aromatic carbocycles. The Balaban J connectivity index is 2.27. The Hall–Kier alpha value is -2.18. The Morgan fingerprint density at radius 3 is 2.61 bits per heavy atom. The third-order valence-electron chi connectivity index (χ3n) is 2.22. The van der Waals surface area contributed by atoms with Crippen LogP contribution in [0, 0.1) is 0 Å². The number of aryl methyl sites for hydroxylation is 1. The van der Waals surface area contributed by atoms with Crippen LogP contribution in [-0.2, 0) is 13.2 Å². The van der Waals surface area contributed by atoms with Gasteiger partial charge in [-0.3, -0.25) is 0 Å². The minimum atomic E-state index is -4.40. The van der Waals surface area contributed by atoms with Crippen LogP contribution in [0.3, 0.4) is 0 Å². The second kappa shape index (κ2) is 4.25. The van der Waals surface area contributed by atoms with Gasteiger partial charge in [-0.15, -0.1) is 0 Å². The van der Waals surface area contributed by atoms with E-state index in [2.05, 4.69) is 4.98 Å². The van der Waals surface area contributed by atoms with Gasteiger partial charge in [0, 0.05) is 7.05 Å². The van der Waals surface area contributed by atoms with E-state index < -0.39 is 11.7 Å². The van der Waals surface area contributed by atoms with Crippen LogP contribution < -0.4 is 10.5 Å². The zero-order valence-electron chi connectivity index (χ0n) is 9.40. The Labute approximate surface area is 101 Å². The van der Waals surface area contributed by atoms with Gasteiger partial charge in [-0.25, -0.2) is 0 Å². The molecule has 0 aliphatic heterocycles. The molecule has 0 spiro atoms. The molecule has 0 atom stereocenters. The molecular weight excluding hydrogens is 247 g/mol. The first-order chi connectivity index (χ1) is 8.36. The number of benzene rings is 1. The van der Waals surface area contributed by atoms with E-state index >= 15 is 0 Å². The van der Waals surface area contributed by atoms with Crippen LogP contribution in [0.4, 0.5) is 19.0 Å². The summed E-state index contributed by atoms with van der Waals surface area (Å²) in [5.41, 5.74) is 4.66. The number of alkyl halides is 3. The van der Waals surface area contributed by atoms with Gasteiger partial charge >= 0.3 is 12.2 Å². The van der Waals surface area contributed by atoms with Crippen LogP contribution in [0.5, 0.6) is 11.8 Å². The topological polar surface area (TPSA) is 53.1 Å². The van der Waals surface area contributed by atoms with Gasteiger partial charge in [-0.2, -0.15) is 18.2 Å². The molecule has 0 saturated heterocycles. The van der Waals surface area contributed by atoms with Crippen molar-refractivity contribution in [3.63, 3.8) is 0 Å². The number of anilines is 1. The lowest BCUT2D eigenvalue weighted by Gasteiger charge is -2.09. The fourth-order valence-corrected chi connectivity index (χ4v) is 1.41. The summed E-state index contributed by atoms with van der Waals surface area (Å²) < 4.78 is 44.2. The largest absolute Gasteiger partial charge is 0.425 e. The molecule has 2 rings (SSSR count). The zero-order chi connectivity index (χ0) is 13.3. The molecule has 0 unspecified atom stereocenters. The van der Waals surface area contributed by atoms with Crippen molar-refractivity contribution in [3.8, 4) is 11.8 Å². The van der Waals surface area contributed by atoms with Crippen molar-refractivity contribution in [1.29, 1.82) is 0 Å². The van der Waals surface area contributed by atoms with Gasteiger partial charge in [-0.05, 0) is 18.2 Å². The smallest absolute Gasteiger partial charge is 0.416 e. The molecule has 0 fully saturated rings. The summed E-state index contributed by atoms with van der Waals surface area (Å²) in [5, 5.41) is 0. The molecule has 4 nitrogen and oxygen atoms in total. The van der Waals surface area contributed by atoms with E-state index in [9.17, 15) is 13.2 Å². The first-order valence-corrected chi connectivity index (χ1v) is 5.00. The molecule has 2 aromatic rings. The van der Waals surface area contributed by atoms with E-state index in [0.29, 0.717) is 0 Å². The summed E-state index contributed by atoms with van der Waals surface area (Å²) in [7, 11) is 1.63. The average Bonchev–Trinajstić information content (AvgIpc) is 2.56. The van der Waals surface area contributed by atoms with Crippen LogP contribution in [0.1, 0.15) is 5.56 Å². The van der Waals surface area contributed by atoms with E-state index in [1.165, 1.54) is 22.9 Å². The molecule has 2 N–H and O–H groups in total. The number of hydrogen-bond donors (Lipinski definition) is 1. The number of rotatable bonds is 2. The molecular formula is C11H10F3N3O. The summed E-state index contributed by atoms with van der Waals surface area (Å²) in [6, 6.07) is 4.70. The van der Waals surface area contributed by atoms with Crippen LogP contribution >= 0.6 is 0 Å². The van der Waals surface area contributed by atoms with Crippen molar-refractivity contribution in [2.75, 3.05) is 5.73 Å². The van der Waals surface area contributed by atoms with Crippen molar-refractivity contribution in [2.24, 2.45) is 7.05 Å². The van der Waals surface area contributed by atoms with Crippen molar-refractivity contribution in [1.82, 2.24) is 9.55 Å². The molecule has 1 heterocycles. The summed E-state index contributed by atoms with van der Waals surface area (Å²) in [6.45, 7) is 0. The quantitative estimate of drug-likeness (QED) is 0.900. The SMILES string of the molecule is Cn1cc(N)nc1Oc1cccc(C(F)(F)F)c1. The number of ether oxygens (including phenoxy) is 1. The highest BCUT2D eigenvalue weighted by Crippen LogP contribution is 2.32. The minimum absolute atomic E-state index is 0.0542. The summed E-state index contributed by atoms with van der Waals surface area (Å²) in [4.78, 5) is 3.83. The molecule has 0 amide bonds. The van der Waals surface area contributed by atoms with Crippen molar-refractivity contribution in [3.05, 3.63) is 36.0 Å². The highest BCUT2D eigenvalue weighted by Gasteiger charge is 2.30. The molecule has 0 radical (unpaired) electrons. The van der Waals surface area contributed by atoms with Gasteiger partial charge in [0.15, 0.2) is 0 Å². The van der Waals surface area contributed by atoms with E-state index in [-0.39, 0.29) is 17.6 Å². The summed E-state index contributed by atoms with van der Waals surface area (Å²) >= 11 is 0. The number of hydrogen-bond acceptors (Lipinski definition) is 3. The Morgan fingerprint density at radius 1 is 1.33 bits per heavy atom. The predicted octanol–water partition coefficient (Wildman–Crippen LogP) is 2.81. The van der Waals surface area contributed by atoms with Gasteiger partial charge in [0.05, 0.1) is 11.8 Å². The Kier molecular flexibility index (Phi) is 2.90. The average molecular weight is 257 g/mol. The third-order valence-corrected chi connectivity index (χ3v) is 2.22. The number of nitrogen functional groups attached to an aromatic ring is 1. The van der Waals surface area contributed by atoms with Crippen molar-refractivity contribution in [2.45, 2.75) is 6.18 Å². The van der Waals surface area contributed by atoms with Gasteiger partial charge in [0.2, 0.25) is 0 Å². The lowest BCUT2D eigenvalue weighted by molar-refractivity contribution is -0.137. The maximum atomic E-state index is 12.5. The molecule has 0 saturated carbocycles. The maximum absolute atomic E-state index is 12.5. The van der Waals surface area contributed by atoms with E-state index in [1.807, 2.05) is 0 Å². The number of nitrogens with zero attached hydrogens (tertiary/aromatic N) is 2. The first kappa shape index (κ1) is 12.3. The highest BCUT2D eigenvalue weighted by molar-refractivity contribution is 5.34. The summed E-state index contributed by atoms with van der Waals surface area (Å²) in [6.07, 6.45) is -2.90. The van der Waals surface area contributed by atoms with E-state index in [4.69, 9.17) is 10.5 Å².